The van der Waals surface area contributed by atoms with Crippen LogP contribution in [-0.2, 0) is 13.1 Å². The van der Waals surface area contributed by atoms with Gasteiger partial charge in [0.1, 0.15) is 5.76 Å². The third kappa shape index (κ3) is 3.85. The van der Waals surface area contributed by atoms with E-state index in [1.54, 1.807) is 11.3 Å². The van der Waals surface area contributed by atoms with E-state index in [0.29, 0.717) is 6.04 Å². The first-order valence-electron chi connectivity index (χ1n) is 8.99. The van der Waals surface area contributed by atoms with Crippen LogP contribution in [0.5, 0.6) is 0 Å². The maximum atomic E-state index is 5.91. The second-order valence-electron chi connectivity index (χ2n) is 6.71. The van der Waals surface area contributed by atoms with Crippen molar-refractivity contribution in [1.82, 2.24) is 19.4 Å². The Balaban J connectivity index is 1.44. The molecule has 1 atom stereocenters. The van der Waals surface area contributed by atoms with Crippen LogP contribution in [0.1, 0.15) is 37.1 Å². The van der Waals surface area contributed by atoms with E-state index in [-0.39, 0.29) is 0 Å². The van der Waals surface area contributed by atoms with Gasteiger partial charge in [-0.15, -0.1) is 11.3 Å². The van der Waals surface area contributed by atoms with Gasteiger partial charge in [-0.2, -0.15) is 0 Å². The summed E-state index contributed by atoms with van der Waals surface area (Å²) in [5, 5.41) is 2.06. The summed E-state index contributed by atoms with van der Waals surface area (Å²) in [6.45, 7) is 5.09. The van der Waals surface area contributed by atoms with Crippen molar-refractivity contribution < 1.29 is 4.42 Å². The molecule has 1 unspecified atom stereocenters. The van der Waals surface area contributed by atoms with Crippen LogP contribution in [-0.4, -0.2) is 32.0 Å². The van der Waals surface area contributed by atoms with E-state index in [1.165, 1.54) is 19.3 Å². The van der Waals surface area contributed by atoms with Gasteiger partial charge in [0.25, 0.3) is 0 Å². The van der Waals surface area contributed by atoms with Crippen LogP contribution in [0.15, 0.2) is 40.7 Å². The van der Waals surface area contributed by atoms with Gasteiger partial charge >= 0.3 is 0 Å². The molecule has 0 aromatic carbocycles. The van der Waals surface area contributed by atoms with Crippen molar-refractivity contribution in [3.05, 3.63) is 47.7 Å². The largest absolute Gasteiger partial charge is 0.440 e. The summed E-state index contributed by atoms with van der Waals surface area (Å²) in [5.41, 5.74) is 1.08. The number of likely N-dealkylation sites (tertiary alicyclic amines) is 1. The highest BCUT2D eigenvalue weighted by molar-refractivity contribution is 7.13. The van der Waals surface area contributed by atoms with Gasteiger partial charge in [0, 0.05) is 31.5 Å². The number of hydrogen-bond donors (Lipinski definition) is 0. The smallest absolute Gasteiger partial charge is 0.236 e. The molecule has 4 rings (SSSR count). The lowest BCUT2D eigenvalue weighted by atomic mass is 9.99. The molecular weight excluding hydrogens is 332 g/mol. The van der Waals surface area contributed by atoms with Crippen LogP contribution in [0.3, 0.4) is 0 Å². The molecule has 0 bridgehead atoms. The molecule has 0 aliphatic carbocycles. The Morgan fingerprint density at radius 1 is 1.36 bits per heavy atom. The molecule has 0 amide bonds. The van der Waals surface area contributed by atoms with E-state index >= 15 is 0 Å². The van der Waals surface area contributed by atoms with Crippen molar-refractivity contribution in [3.63, 3.8) is 0 Å². The number of hydrogen-bond acceptors (Lipinski definition) is 5. The van der Waals surface area contributed by atoms with E-state index in [0.717, 1.165) is 48.3 Å². The highest BCUT2D eigenvalue weighted by Gasteiger charge is 2.24. The fourth-order valence-corrected chi connectivity index (χ4v) is 4.23. The Morgan fingerprint density at radius 2 is 2.32 bits per heavy atom. The predicted molar refractivity (Wildman–Crippen MR) is 99.4 cm³/mol. The standard InChI is InChI=1S/C19H24N4OS/c1-15-17(21-19(24-15)18-6-4-12-25-18)13-23-9-3-2-5-16(23)7-10-22-11-8-20-14-22/h4,6,8,11-12,14,16H,2-3,5,7,9-10,13H2,1H3. The lowest BCUT2D eigenvalue weighted by Gasteiger charge is -2.35. The van der Waals surface area contributed by atoms with Crippen molar-refractivity contribution >= 4 is 11.3 Å². The summed E-state index contributed by atoms with van der Waals surface area (Å²) in [6, 6.07) is 4.71. The highest BCUT2D eigenvalue weighted by atomic mass is 32.1. The Kier molecular flexibility index (Phi) is 4.99. The van der Waals surface area contributed by atoms with Crippen LogP contribution >= 0.6 is 11.3 Å². The molecule has 1 aliphatic heterocycles. The summed E-state index contributed by atoms with van der Waals surface area (Å²) >= 11 is 1.67. The average Bonchev–Trinajstić information content (AvgIpc) is 3.37. The fourth-order valence-electron chi connectivity index (χ4n) is 3.58. The minimum atomic E-state index is 0.609. The van der Waals surface area contributed by atoms with E-state index in [9.17, 15) is 0 Å². The fraction of sp³-hybridized carbons (Fsp3) is 0.474. The quantitative estimate of drug-likeness (QED) is 0.659. The van der Waals surface area contributed by atoms with Gasteiger partial charge in [-0.1, -0.05) is 12.5 Å². The van der Waals surface area contributed by atoms with Crippen molar-refractivity contribution in [3.8, 4) is 10.8 Å². The molecule has 5 nitrogen and oxygen atoms in total. The lowest BCUT2D eigenvalue weighted by Crippen LogP contribution is -2.39. The third-order valence-electron chi connectivity index (χ3n) is 5.01. The summed E-state index contributed by atoms with van der Waals surface area (Å²) in [5.74, 6) is 1.71. The van der Waals surface area contributed by atoms with Gasteiger partial charge in [-0.25, -0.2) is 9.97 Å². The number of aryl methyl sites for hydroxylation is 2. The molecule has 1 aliphatic rings. The SMILES string of the molecule is Cc1oc(-c2cccs2)nc1CN1CCCCC1CCn1ccnc1. The van der Waals surface area contributed by atoms with Crippen LogP contribution < -0.4 is 0 Å². The van der Waals surface area contributed by atoms with E-state index in [4.69, 9.17) is 9.40 Å². The normalized spacial score (nSPS) is 18.7. The van der Waals surface area contributed by atoms with Crippen molar-refractivity contribution in [1.29, 1.82) is 0 Å². The van der Waals surface area contributed by atoms with Gasteiger partial charge in [0.15, 0.2) is 0 Å². The number of nitrogens with zero attached hydrogens (tertiary/aromatic N) is 4. The monoisotopic (exact) mass is 356 g/mol. The van der Waals surface area contributed by atoms with Crippen molar-refractivity contribution in [2.24, 2.45) is 0 Å². The second-order valence-corrected chi connectivity index (χ2v) is 7.66. The second kappa shape index (κ2) is 7.54. The summed E-state index contributed by atoms with van der Waals surface area (Å²) < 4.78 is 8.08. The molecule has 1 fully saturated rings. The molecule has 0 saturated carbocycles. The summed E-state index contributed by atoms with van der Waals surface area (Å²) in [4.78, 5) is 12.6. The predicted octanol–water partition coefficient (Wildman–Crippen LogP) is 4.35. The van der Waals surface area contributed by atoms with Crippen LogP contribution in [0, 0.1) is 6.92 Å². The number of aromatic nitrogens is 3. The Morgan fingerprint density at radius 3 is 3.12 bits per heavy atom. The number of rotatable bonds is 6. The first-order valence-corrected chi connectivity index (χ1v) is 9.87. The summed E-state index contributed by atoms with van der Waals surface area (Å²) in [6.07, 6.45) is 10.8. The van der Waals surface area contributed by atoms with E-state index in [1.807, 2.05) is 31.7 Å². The van der Waals surface area contributed by atoms with Gasteiger partial charge < -0.3 is 8.98 Å². The first kappa shape index (κ1) is 16.5. The highest BCUT2D eigenvalue weighted by Crippen LogP contribution is 2.28. The van der Waals surface area contributed by atoms with E-state index < -0.39 is 0 Å². The van der Waals surface area contributed by atoms with Crippen molar-refractivity contribution in [2.75, 3.05) is 6.54 Å². The Bertz CT molecular complexity index is 779. The van der Waals surface area contributed by atoms with E-state index in [2.05, 4.69) is 25.9 Å². The number of thiophene rings is 1. The first-order chi connectivity index (χ1) is 12.3. The molecule has 6 heteroatoms. The zero-order chi connectivity index (χ0) is 17.1. The lowest BCUT2D eigenvalue weighted by molar-refractivity contribution is 0.126. The van der Waals surface area contributed by atoms with Gasteiger partial charge in [-0.3, -0.25) is 4.90 Å². The molecule has 4 heterocycles. The van der Waals surface area contributed by atoms with Crippen LogP contribution in [0.25, 0.3) is 10.8 Å². The summed E-state index contributed by atoms with van der Waals surface area (Å²) in [7, 11) is 0. The number of imidazole rings is 1. The molecule has 0 N–H and O–H groups in total. The number of piperidine rings is 1. The molecule has 3 aromatic heterocycles. The van der Waals surface area contributed by atoms with Crippen LogP contribution in [0.4, 0.5) is 0 Å². The maximum absolute atomic E-state index is 5.91. The molecule has 0 spiro atoms. The minimum absolute atomic E-state index is 0.609. The molecular formula is C19H24N4OS. The van der Waals surface area contributed by atoms with Crippen molar-refractivity contribution in [2.45, 2.75) is 51.7 Å². The molecule has 25 heavy (non-hydrogen) atoms. The third-order valence-corrected chi connectivity index (χ3v) is 5.86. The Labute approximate surface area is 152 Å². The zero-order valence-corrected chi connectivity index (χ0v) is 15.4. The molecule has 3 aromatic rings. The minimum Gasteiger partial charge on any atom is -0.440 e. The van der Waals surface area contributed by atoms with Gasteiger partial charge in [-0.05, 0) is 44.2 Å². The molecule has 132 valence electrons. The topological polar surface area (TPSA) is 47.1 Å². The van der Waals surface area contributed by atoms with Gasteiger partial charge in [0.2, 0.25) is 5.89 Å². The van der Waals surface area contributed by atoms with Gasteiger partial charge in [0.05, 0.1) is 16.9 Å². The molecule has 0 radical (unpaired) electrons. The number of oxazole rings is 1. The van der Waals surface area contributed by atoms with Crippen LogP contribution in [0.2, 0.25) is 0 Å². The Hall–Kier alpha value is -1.92. The average molecular weight is 356 g/mol. The maximum Gasteiger partial charge on any atom is 0.236 e. The zero-order valence-electron chi connectivity index (χ0n) is 14.6. The molecule has 1 saturated heterocycles.